The number of benzene rings is 2. The Bertz CT molecular complexity index is 1290. The quantitative estimate of drug-likeness (QED) is 0.137. The summed E-state index contributed by atoms with van der Waals surface area (Å²) in [6, 6.07) is 9.57. The molecule has 2 aromatic rings. The standard InChI is InChI=1S/C25H26F6O3S.C3H6.C3H8.C2H6/c1-6-23(7-2,20-11-10-19(16(3)14-20)9-8-18(5)24(26,27)28)21-12-13-22(17(4)15-21)34-35(32,33)25(29,30)31;1-2-3-1;1-3-2;1-2/h10-15,18H,6-7H2,1-5H3;1-3H2;3H2,1-2H3;1-2H3. The first-order valence-electron chi connectivity index (χ1n) is 14.7. The van der Waals surface area contributed by atoms with Crippen LogP contribution in [0.5, 0.6) is 5.75 Å². The van der Waals surface area contributed by atoms with Crippen LogP contribution in [0.25, 0.3) is 0 Å². The molecule has 10 heteroatoms. The van der Waals surface area contributed by atoms with Crippen LogP contribution < -0.4 is 4.18 Å². The van der Waals surface area contributed by atoms with E-state index in [4.69, 9.17) is 0 Å². The largest absolute Gasteiger partial charge is 0.534 e. The molecule has 1 saturated carbocycles. The highest BCUT2D eigenvalue weighted by molar-refractivity contribution is 7.88. The van der Waals surface area contributed by atoms with Crippen molar-refractivity contribution in [3.8, 4) is 17.6 Å². The normalized spacial score (nSPS) is 13.4. The van der Waals surface area contributed by atoms with Crippen LogP contribution in [0.2, 0.25) is 0 Å². The van der Waals surface area contributed by atoms with Crippen LogP contribution in [0.4, 0.5) is 26.3 Å². The lowest BCUT2D eigenvalue weighted by molar-refractivity contribution is -0.153. The number of halogens is 6. The highest BCUT2D eigenvalue weighted by Crippen LogP contribution is 2.41. The SMILES string of the molecule is C1CC1.CC.CCC.CCC(CC)(c1ccc(C#CC(C)C(F)(F)F)c(C)c1)c1ccc(OS(=O)(=O)C(F)(F)F)c(C)c1. The summed E-state index contributed by atoms with van der Waals surface area (Å²) >= 11 is 0. The maximum Gasteiger partial charge on any atom is 0.534 e. The zero-order chi connectivity index (χ0) is 33.6. The van der Waals surface area contributed by atoms with Crippen molar-refractivity contribution in [3.63, 3.8) is 0 Å². The van der Waals surface area contributed by atoms with E-state index in [2.05, 4.69) is 29.9 Å². The molecule has 0 bridgehead atoms. The monoisotopic (exact) mass is 636 g/mol. The van der Waals surface area contributed by atoms with E-state index < -0.39 is 38.9 Å². The Kier molecular flexibility index (Phi) is 16.5. The van der Waals surface area contributed by atoms with E-state index in [1.165, 1.54) is 44.7 Å². The van der Waals surface area contributed by atoms with Crippen molar-refractivity contribution in [1.82, 2.24) is 0 Å². The van der Waals surface area contributed by atoms with Crippen LogP contribution in [0, 0.1) is 31.6 Å². The van der Waals surface area contributed by atoms with Gasteiger partial charge >= 0.3 is 21.8 Å². The van der Waals surface area contributed by atoms with Gasteiger partial charge in [0.05, 0.1) is 0 Å². The molecule has 1 aliphatic rings. The Morgan fingerprint density at radius 2 is 1.26 bits per heavy atom. The number of hydrogen-bond acceptors (Lipinski definition) is 3. The molecule has 1 unspecified atom stereocenters. The summed E-state index contributed by atoms with van der Waals surface area (Å²) in [5.74, 6) is 2.62. The number of rotatable bonds is 6. The molecule has 3 nitrogen and oxygen atoms in total. The second-order valence-electron chi connectivity index (χ2n) is 10.1. The molecule has 0 amide bonds. The van der Waals surface area contributed by atoms with Gasteiger partial charge in [0.15, 0.2) is 0 Å². The van der Waals surface area contributed by atoms with Crippen molar-refractivity contribution in [2.45, 2.75) is 118 Å². The van der Waals surface area contributed by atoms with Crippen molar-refractivity contribution in [2.24, 2.45) is 5.92 Å². The second-order valence-corrected chi connectivity index (χ2v) is 11.6. The Morgan fingerprint density at radius 1 is 0.814 bits per heavy atom. The molecular weight excluding hydrogens is 590 g/mol. The smallest absolute Gasteiger partial charge is 0.376 e. The Hall–Kier alpha value is -2.67. The molecule has 0 aliphatic heterocycles. The fraction of sp³-hybridized carbons (Fsp3) is 0.576. The summed E-state index contributed by atoms with van der Waals surface area (Å²) in [5.41, 5.74) is -3.18. The van der Waals surface area contributed by atoms with Gasteiger partial charge < -0.3 is 4.18 Å². The summed E-state index contributed by atoms with van der Waals surface area (Å²) in [4.78, 5) is 0. The molecule has 0 spiro atoms. The molecule has 1 fully saturated rings. The lowest BCUT2D eigenvalue weighted by Crippen LogP contribution is -2.29. The predicted octanol–water partition coefficient (Wildman–Crippen LogP) is 10.8. The summed E-state index contributed by atoms with van der Waals surface area (Å²) in [7, 11) is -5.80. The fourth-order valence-corrected chi connectivity index (χ4v) is 4.33. The van der Waals surface area contributed by atoms with E-state index in [9.17, 15) is 34.8 Å². The van der Waals surface area contributed by atoms with Crippen LogP contribution in [-0.4, -0.2) is 20.1 Å². The van der Waals surface area contributed by atoms with Crippen molar-refractivity contribution >= 4 is 10.1 Å². The summed E-state index contributed by atoms with van der Waals surface area (Å²) in [6.07, 6.45) is 2.53. The van der Waals surface area contributed by atoms with Gasteiger partial charge in [0.25, 0.3) is 0 Å². The molecule has 0 radical (unpaired) electrons. The lowest BCUT2D eigenvalue weighted by atomic mass is 9.70. The molecule has 3 rings (SSSR count). The first-order valence-corrected chi connectivity index (χ1v) is 16.1. The van der Waals surface area contributed by atoms with E-state index in [0.717, 1.165) is 18.1 Å². The summed E-state index contributed by atoms with van der Waals surface area (Å²) in [6.45, 7) is 16.3. The maximum absolute atomic E-state index is 12.8. The van der Waals surface area contributed by atoms with Gasteiger partial charge in [-0.05, 0) is 68.0 Å². The van der Waals surface area contributed by atoms with Crippen molar-refractivity contribution in [3.05, 3.63) is 64.2 Å². The molecule has 43 heavy (non-hydrogen) atoms. The summed E-state index contributed by atoms with van der Waals surface area (Å²) < 4.78 is 103. The van der Waals surface area contributed by atoms with E-state index >= 15 is 0 Å². The van der Waals surface area contributed by atoms with Crippen molar-refractivity contribution < 1.29 is 38.9 Å². The minimum absolute atomic E-state index is 0.210. The molecular formula is C33H46F6O3S. The molecule has 0 heterocycles. The average molecular weight is 637 g/mol. The van der Waals surface area contributed by atoms with Crippen LogP contribution in [0.3, 0.4) is 0 Å². The zero-order valence-corrected chi connectivity index (χ0v) is 27.5. The number of alkyl halides is 6. The third-order valence-electron chi connectivity index (χ3n) is 6.46. The molecule has 1 aliphatic carbocycles. The third kappa shape index (κ3) is 12.1. The lowest BCUT2D eigenvalue weighted by Gasteiger charge is -2.34. The molecule has 0 saturated heterocycles. The summed E-state index contributed by atoms with van der Waals surface area (Å²) in [5, 5.41) is 0. The van der Waals surface area contributed by atoms with Gasteiger partial charge in [-0.3, -0.25) is 0 Å². The highest BCUT2D eigenvalue weighted by atomic mass is 32.2. The van der Waals surface area contributed by atoms with Crippen LogP contribution in [-0.2, 0) is 15.5 Å². The Labute approximate surface area is 254 Å². The topological polar surface area (TPSA) is 43.4 Å². The third-order valence-corrected chi connectivity index (χ3v) is 7.43. The Morgan fingerprint density at radius 3 is 1.60 bits per heavy atom. The molecule has 0 N–H and O–H groups in total. The predicted molar refractivity (Wildman–Crippen MR) is 163 cm³/mol. The highest BCUT2D eigenvalue weighted by Gasteiger charge is 2.48. The average Bonchev–Trinajstić information content (AvgIpc) is 3.81. The molecule has 1 atom stereocenters. The van der Waals surface area contributed by atoms with Crippen LogP contribution in [0.1, 0.15) is 115 Å². The van der Waals surface area contributed by atoms with Gasteiger partial charge in [-0.25, -0.2) is 0 Å². The van der Waals surface area contributed by atoms with E-state index in [1.54, 1.807) is 25.1 Å². The minimum atomic E-state index is -5.80. The number of hydrogen-bond donors (Lipinski definition) is 0. The first-order chi connectivity index (χ1) is 19.9. The molecule has 244 valence electrons. The van der Waals surface area contributed by atoms with Crippen molar-refractivity contribution in [1.29, 1.82) is 0 Å². The van der Waals surface area contributed by atoms with Gasteiger partial charge in [-0.2, -0.15) is 34.8 Å². The van der Waals surface area contributed by atoms with Gasteiger partial charge in [-0.15, -0.1) is 0 Å². The van der Waals surface area contributed by atoms with E-state index in [1.807, 2.05) is 33.8 Å². The number of aryl methyl sites for hydroxylation is 2. The second kappa shape index (κ2) is 17.6. The van der Waals surface area contributed by atoms with Gasteiger partial charge in [0, 0.05) is 11.0 Å². The van der Waals surface area contributed by atoms with E-state index in [-0.39, 0.29) is 5.56 Å². The van der Waals surface area contributed by atoms with Crippen molar-refractivity contribution in [2.75, 3.05) is 0 Å². The van der Waals surface area contributed by atoms with Gasteiger partial charge in [-0.1, -0.05) is 103 Å². The molecule has 0 aromatic heterocycles. The van der Waals surface area contributed by atoms with Gasteiger partial charge in [0.1, 0.15) is 11.7 Å². The maximum atomic E-state index is 12.8. The molecule has 2 aromatic carbocycles. The minimum Gasteiger partial charge on any atom is -0.376 e. The Balaban J connectivity index is 0.00000195. The van der Waals surface area contributed by atoms with Crippen LogP contribution >= 0.6 is 0 Å². The van der Waals surface area contributed by atoms with E-state index in [0.29, 0.717) is 24.0 Å². The fourth-order valence-electron chi connectivity index (χ4n) is 3.81. The zero-order valence-electron chi connectivity index (χ0n) is 26.7. The van der Waals surface area contributed by atoms with Gasteiger partial charge in [0.2, 0.25) is 0 Å². The van der Waals surface area contributed by atoms with Crippen LogP contribution in [0.15, 0.2) is 36.4 Å². The first kappa shape index (κ1) is 40.3.